The minimum Gasteiger partial charge on any atom is -0.482 e. The smallest absolute Gasteiger partial charge is 0.272 e. The van der Waals surface area contributed by atoms with E-state index < -0.39 is 11.4 Å². The molecule has 33 heavy (non-hydrogen) atoms. The van der Waals surface area contributed by atoms with E-state index in [4.69, 9.17) is 9.47 Å². The van der Waals surface area contributed by atoms with Crippen molar-refractivity contribution in [2.24, 2.45) is 0 Å². The maximum atomic E-state index is 12.8. The monoisotopic (exact) mass is 452 g/mol. The number of hydrogen-bond donors (Lipinski definition) is 4. The molecule has 3 heterocycles. The minimum atomic E-state index is -0.581. The molecule has 0 bridgehead atoms. The first-order chi connectivity index (χ1) is 15.8. The molecule has 2 aromatic heterocycles. The Balaban J connectivity index is 1.50. The lowest BCUT2D eigenvalue weighted by atomic mass is 10.1. The molecule has 0 aliphatic carbocycles. The first-order valence-corrected chi connectivity index (χ1v) is 10.2. The second-order valence-corrected chi connectivity index (χ2v) is 8.27. The Morgan fingerprint density at radius 1 is 1.24 bits per heavy atom. The Morgan fingerprint density at radius 3 is 2.85 bits per heavy atom. The van der Waals surface area contributed by atoms with Gasteiger partial charge in [-0.3, -0.25) is 14.4 Å². The summed E-state index contributed by atoms with van der Waals surface area (Å²) in [6.07, 6.45) is 2.74. The Hall–Kier alpha value is -3.99. The van der Waals surface area contributed by atoms with Crippen LogP contribution in [0.5, 0.6) is 5.75 Å². The van der Waals surface area contributed by atoms with Crippen molar-refractivity contribution in [1.82, 2.24) is 25.6 Å². The Labute approximate surface area is 189 Å². The van der Waals surface area contributed by atoms with E-state index in [-0.39, 0.29) is 30.7 Å². The van der Waals surface area contributed by atoms with E-state index in [9.17, 15) is 14.4 Å². The normalized spacial score (nSPS) is 13.1. The van der Waals surface area contributed by atoms with Crippen LogP contribution in [-0.2, 0) is 16.1 Å². The first-order valence-electron chi connectivity index (χ1n) is 10.2. The molecule has 0 atom stereocenters. The Kier molecular flexibility index (Phi) is 5.97. The highest BCUT2D eigenvalue weighted by Crippen LogP contribution is 2.28. The highest BCUT2D eigenvalue weighted by molar-refractivity contribution is 6.10. The number of H-pyrrole nitrogens is 1. The summed E-state index contributed by atoms with van der Waals surface area (Å²) in [5.41, 5.74) is 1.86. The van der Waals surface area contributed by atoms with Gasteiger partial charge in [0.1, 0.15) is 17.6 Å². The molecule has 0 saturated carbocycles. The summed E-state index contributed by atoms with van der Waals surface area (Å²) in [6.45, 7) is 4.20. The molecule has 4 rings (SSSR count). The SMILES string of the molecule is COCC(C)(C)NC(=O)c1c[nH]c2c(C(=O)NCc3ccc4c(c3)NC(=O)CO4)ncnc12. The number of fused-ring (bicyclic) bond motifs is 2. The van der Waals surface area contributed by atoms with Crippen LogP contribution >= 0.6 is 0 Å². The van der Waals surface area contributed by atoms with Gasteiger partial charge in [0.25, 0.3) is 17.7 Å². The molecule has 11 heteroatoms. The largest absolute Gasteiger partial charge is 0.482 e. The Bertz CT molecular complexity index is 1240. The molecule has 0 spiro atoms. The zero-order chi connectivity index (χ0) is 23.6. The van der Waals surface area contributed by atoms with Gasteiger partial charge >= 0.3 is 0 Å². The molecule has 1 aromatic carbocycles. The number of nitrogens with one attached hydrogen (secondary N) is 4. The number of methoxy groups -OCH3 is 1. The number of hydrogen-bond acceptors (Lipinski definition) is 7. The summed E-state index contributed by atoms with van der Waals surface area (Å²) in [6, 6.07) is 5.27. The van der Waals surface area contributed by atoms with Gasteiger partial charge in [0.2, 0.25) is 0 Å². The van der Waals surface area contributed by atoms with Gasteiger partial charge in [-0.2, -0.15) is 0 Å². The van der Waals surface area contributed by atoms with Gasteiger partial charge in [0.15, 0.2) is 12.3 Å². The molecule has 0 radical (unpaired) electrons. The van der Waals surface area contributed by atoms with Crippen molar-refractivity contribution in [3.63, 3.8) is 0 Å². The number of nitrogens with zero attached hydrogens (tertiary/aromatic N) is 2. The molecule has 172 valence electrons. The number of anilines is 1. The molecule has 0 saturated heterocycles. The van der Waals surface area contributed by atoms with Gasteiger partial charge in [-0.25, -0.2) is 9.97 Å². The molecule has 11 nitrogen and oxygen atoms in total. The number of carbonyl (C=O) groups is 3. The fraction of sp³-hybridized carbons (Fsp3) is 0.318. The molecular weight excluding hydrogens is 428 g/mol. The van der Waals surface area contributed by atoms with E-state index >= 15 is 0 Å². The lowest BCUT2D eigenvalue weighted by Gasteiger charge is -2.24. The summed E-state index contributed by atoms with van der Waals surface area (Å²) < 4.78 is 10.5. The lowest BCUT2D eigenvalue weighted by Crippen LogP contribution is -2.46. The zero-order valence-electron chi connectivity index (χ0n) is 18.4. The molecular formula is C22H24N6O5. The van der Waals surface area contributed by atoms with Crippen molar-refractivity contribution in [1.29, 1.82) is 0 Å². The lowest BCUT2D eigenvalue weighted by molar-refractivity contribution is -0.118. The molecule has 0 fully saturated rings. The van der Waals surface area contributed by atoms with E-state index in [0.717, 1.165) is 5.56 Å². The molecule has 3 aromatic rings. The van der Waals surface area contributed by atoms with Crippen LogP contribution in [0.25, 0.3) is 11.0 Å². The molecule has 1 aliphatic rings. The summed E-state index contributed by atoms with van der Waals surface area (Å²) >= 11 is 0. The quantitative estimate of drug-likeness (QED) is 0.423. The number of amides is 3. The predicted molar refractivity (Wildman–Crippen MR) is 119 cm³/mol. The van der Waals surface area contributed by atoms with Crippen LogP contribution < -0.4 is 20.7 Å². The minimum absolute atomic E-state index is 0.0210. The second-order valence-electron chi connectivity index (χ2n) is 8.27. The fourth-order valence-corrected chi connectivity index (χ4v) is 3.56. The molecule has 3 amide bonds. The van der Waals surface area contributed by atoms with Crippen LogP contribution in [0.1, 0.15) is 40.3 Å². The van der Waals surface area contributed by atoms with E-state index in [0.29, 0.717) is 34.6 Å². The van der Waals surface area contributed by atoms with Crippen LogP contribution in [0.15, 0.2) is 30.7 Å². The molecule has 0 unspecified atom stereocenters. The van der Waals surface area contributed by atoms with Gasteiger partial charge in [0, 0.05) is 19.9 Å². The second kappa shape index (κ2) is 8.87. The average molecular weight is 452 g/mol. The number of benzene rings is 1. The fourth-order valence-electron chi connectivity index (χ4n) is 3.56. The van der Waals surface area contributed by atoms with Crippen LogP contribution in [-0.4, -0.2) is 58.5 Å². The van der Waals surface area contributed by atoms with Crippen molar-refractivity contribution in [3.05, 3.63) is 47.5 Å². The molecule has 1 aliphatic heterocycles. The van der Waals surface area contributed by atoms with Crippen LogP contribution in [0.2, 0.25) is 0 Å². The average Bonchev–Trinajstić information content (AvgIpc) is 3.21. The maximum Gasteiger partial charge on any atom is 0.272 e. The standard InChI is InChI=1S/C22H24N6O5/c1-22(2,10-32-3)28-20(30)13-8-23-18-17(13)25-11-26-19(18)21(31)24-7-12-4-5-15-14(6-12)27-16(29)9-33-15/h4-6,8,11,23H,7,9-10H2,1-3H3,(H,24,31)(H,27,29)(H,28,30). The first kappa shape index (κ1) is 22.2. The van der Waals surface area contributed by atoms with Crippen LogP contribution in [0.4, 0.5) is 5.69 Å². The van der Waals surface area contributed by atoms with Crippen molar-refractivity contribution in [2.75, 3.05) is 25.6 Å². The van der Waals surface area contributed by atoms with E-state index in [2.05, 4.69) is 30.9 Å². The number of carbonyl (C=O) groups excluding carboxylic acids is 3. The predicted octanol–water partition coefficient (Wildman–Crippen LogP) is 1.37. The van der Waals surface area contributed by atoms with Crippen molar-refractivity contribution in [3.8, 4) is 5.75 Å². The van der Waals surface area contributed by atoms with E-state index in [1.807, 2.05) is 13.8 Å². The zero-order valence-corrected chi connectivity index (χ0v) is 18.4. The van der Waals surface area contributed by atoms with E-state index in [1.165, 1.54) is 12.5 Å². The number of aromatic nitrogens is 3. The van der Waals surface area contributed by atoms with Crippen LogP contribution in [0, 0.1) is 0 Å². The van der Waals surface area contributed by atoms with E-state index in [1.54, 1.807) is 25.3 Å². The van der Waals surface area contributed by atoms with Gasteiger partial charge < -0.3 is 30.4 Å². The van der Waals surface area contributed by atoms with Crippen molar-refractivity contribution >= 4 is 34.4 Å². The van der Waals surface area contributed by atoms with Crippen molar-refractivity contribution in [2.45, 2.75) is 25.9 Å². The topological polar surface area (TPSA) is 147 Å². The number of aromatic amines is 1. The van der Waals surface area contributed by atoms with Gasteiger partial charge in [-0.15, -0.1) is 0 Å². The third kappa shape index (κ3) is 4.77. The van der Waals surface area contributed by atoms with Gasteiger partial charge in [0.05, 0.1) is 28.9 Å². The van der Waals surface area contributed by atoms with Crippen molar-refractivity contribution < 1.29 is 23.9 Å². The third-order valence-corrected chi connectivity index (χ3v) is 5.01. The number of ether oxygens (including phenoxy) is 2. The van der Waals surface area contributed by atoms with Gasteiger partial charge in [-0.1, -0.05) is 6.07 Å². The summed E-state index contributed by atoms with van der Waals surface area (Å²) in [4.78, 5) is 48.3. The maximum absolute atomic E-state index is 12.8. The highest BCUT2D eigenvalue weighted by Gasteiger charge is 2.25. The molecule has 4 N–H and O–H groups in total. The third-order valence-electron chi connectivity index (χ3n) is 5.01. The summed E-state index contributed by atoms with van der Waals surface area (Å²) in [7, 11) is 1.56. The summed E-state index contributed by atoms with van der Waals surface area (Å²) in [5.74, 6) is -0.432. The Morgan fingerprint density at radius 2 is 2.06 bits per heavy atom. The number of rotatable bonds is 7. The highest BCUT2D eigenvalue weighted by atomic mass is 16.5. The summed E-state index contributed by atoms with van der Waals surface area (Å²) in [5, 5.41) is 8.42. The van der Waals surface area contributed by atoms with Crippen LogP contribution in [0.3, 0.4) is 0 Å². The van der Waals surface area contributed by atoms with Gasteiger partial charge in [-0.05, 0) is 31.5 Å².